The van der Waals surface area contributed by atoms with Gasteiger partial charge in [-0.05, 0) is 52.1 Å². The molecule has 4 nitrogen and oxygen atoms in total. The molecule has 0 radical (unpaired) electrons. The first-order valence-corrected chi connectivity index (χ1v) is 9.97. The monoisotopic (exact) mass is 365 g/mol. The maximum Gasteiger partial charge on any atom is 0.243 e. The highest BCUT2D eigenvalue weighted by atomic mass is 32.1. The molecule has 1 atom stereocenters. The number of hydroxylamine groups is 2. The van der Waals surface area contributed by atoms with Crippen LogP contribution in [0.4, 0.5) is 0 Å². The van der Waals surface area contributed by atoms with Gasteiger partial charge in [-0.25, -0.2) is 5.06 Å². The Labute approximate surface area is 156 Å². The zero-order valence-corrected chi connectivity index (χ0v) is 17.3. The van der Waals surface area contributed by atoms with E-state index in [1.165, 1.54) is 42.3 Å². The van der Waals surface area contributed by atoms with Crippen molar-refractivity contribution >= 4 is 27.3 Å². The van der Waals surface area contributed by atoms with E-state index in [1.54, 1.807) is 11.3 Å². The number of rotatable bonds is 6. The fourth-order valence-electron chi connectivity index (χ4n) is 2.94. The second kappa shape index (κ2) is 9.90. The summed E-state index contributed by atoms with van der Waals surface area (Å²) in [6, 6.07) is 9.73. The van der Waals surface area contributed by atoms with Crippen LogP contribution >= 0.6 is 11.3 Å². The molecular weight excluding hydrogens is 332 g/mol. The van der Waals surface area contributed by atoms with E-state index in [0.29, 0.717) is 0 Å². The zero-order valence-electron chi connectivity index (χ0n) is 16.5. The fourth-order valence-corrected chi connectivity index (χ4v) is 4.04. The summed E-state index contributed by atoms with van der Waals surface area (Å²) in [5.74, 6) is -0.343. The minimum absolute atomic E-state index is 0.296. The number of hydrogen-bond donors (Lipinski definition) is 1. The molecular formula is C20H33N2O2S+. The molecule has 140 valence electrons. The van der Waals surface area contributed by atoms with Gasteiger partial charge in [-0.15, -0.1) is 11.3 Å². The Morgan fingerprint density at radius 3 is 2.04 bits per heavy atom. The number of fused-ring (bicyclic) bond motifs is 1. The van der Waals surface area contributed by atoms with Gasteiger partial charge in [0, 0.05) is 16.5 Å². The number of quaternary nitrogens is 1. The Morgan fingerprint density at radius 1 is 1.12 bits per heavy atom. The normalized spacial score (nSPS) is 12.4. The number of benzene rings is 1. The smallest absolute Gasteiger partial charge is 0.243 e. The molecule has 1 N–H and O–H groups in total. The minimum Gasteiger partial charge on any atom is -0.325 e. The van der Waals surface area contributed by atoms with Crippen molar-refractivity contribution in [2.75, 3.05) is 26.2 Å². The Bertz CT molecular complexity index is 614. The molecule has 1 amide bonds. The molecule has 0 spiro atoms. The summed E-state index contributed by atoms with van der Waals surface area (Å²) >= 11 is 1.60. The van der Waals surface area contributed by atoms with Crippen molar-refractivity contribution in [2.24, 2.45) is 0 Å². The van der Waals surface area contributed by atoms with E-state index in [4.69, 9.17) is 0 Å². The highest BCUT2D eigenvalue weighted by molar-refractivity contribution is 7.19. The summed E-state index contributed by atoms with van der Waals surface area (Å²) in [6.07, 6.45) is 0. The second-order valence-corrected chi connectivity index (χ2v) is 7.45. The van der Waals surface area contributed by atoms with Crippen LogP contribution in [0.5, 0.6) is 0 Å². The lowest BCUT2D eigenvalue weighted by Gasteiger charge is -2.34. The van der Waals surface area contributed by atoms with Gasteiger partial charge in [-0.2, -0.15) is 0 Å². The number of hydrogen-bond acceptors (Lipinski definition) is 3. The molecule has 2 aromatic rings. The Hall–Kier alpha value is -1.43. The highest BCUT2D eigenvalue weighted by Gasteiger charge is 2.18. The third-order valence-electron chi connectivity index (χ3n) is 5.23. The molecule has 0 fully saturated rings. The molecule has 25 heavy (non-hydrogen) atoms. The fraction of sp³-hybridized carbons (Fsp3) is 0.550. The van der Waals surface area contributed by atoms with Crippen molar-refractivity contribution in [3.05, 3.63) is 35.2 Å². The van der Waals surface area contributed by atoms with Gasteiger partial charge in [0.2, 0.25) is 5.91 Å². The summed E-state index contributed by atoms with van der Waals surface area (Å²) < 4.78 is 2.45. The van der Waals surface area contributed by atoms with Crippen LogP contribution in [0.25, 0.3) is 10.1 Å². The van der Waals surface area contributed by atoms with Crippen LogP contribution in [0.2, 0.25) is 0 Å². The van der Waals surface area contributed by atoms with E-state index in [0.717, 1.165) is 15.3 Å². The second-order valence-electron chi connectivity index (χ2n) is 6.33. The first-order valence-electron chi connectivity index (χ1n) is 9.16. The number of amides is 1. The lowest BCUT2D eigenvalue weighted by Crippen LogP contribution is -2.47. The summed E-state index contributed by atoms with van der Waals surface area (Å²) in [5, 5.41) is 11.5. The van der Waals surface area contributed by atoms with Gasteiger partial charge < -0.3 is 4.48 Å². The number of thiophene rings is 1. The molecule has 1 unspecified atom stereocenters. The predicted octanol–water partition coefficient (Wildman–Crippen LogP) is 5.08. The molecule has 1 heterocycles. The van der Waals surface area contributed by atoms with Crippen molar-refractivity contribution in [1.82, 2.24) is 5.06 Å². The van der Waals surface area contributed by atoms with E-state index in [-0.39, 0.29) is 11.9 Å². The summed E-state index contributed by atoms with van der Waals surface area (Å²) in [4.78, 5) is 12.0. The van der Waals surface area contributed by atoms with Crippen molar-refractivity contribution in [1.29, 1.82) is 0 Å². The standard InChI is InChI=1S/C12H13NO2S.C8H20N/c1-8(13(15)9(2)14)12-7-10-5-3-4-6-11(10)16-12;1-5-9(6-2,7-3)8-4/h3-8,15H,1-2H3;5-8H2,1-4H3/q;+1. The van der Waals surface area contributed by atoms with Crippen LogP contribution in [0.15, 0.2) is 30.3 Å². The third-order valence-corrected chi connectivity index (χ3v) is 6.52. The van der Waals surface area contributed by atoms with Crippen molar-refractivity contribution in [3.8, 4) is 0 Å². The van der Waals surface area contributed by atoms with Crippen LogP contribution in [-0.4, -0.2) is 46.8 Å². The number of carbonyl (C=O) groups excluding carboxylic acids is 1. The zero-order chi connectivity index (χ0) is 19.0. The average molecular weight is 366 g/mol. The molecule has 2 rings (SSSR count). The van der Waals surface area contributed by atoms with E-state index < -0.39 is 0 Å². The molecule has 0 saturated carbocycles. The van der Waals surface area contributed by atoms with Crippen molar-refractivity contribution in [2.45, 2.75) is 47.6 Å². The molecule has 0 aliphatic heterocycles. The van der Waals surface area contributed by atoms with Crippen LogP contribution in [0.1, 0.15) is 52.5 Å². The van der Waals surface area contributed by atoms with Gasteiger partial charge in [-0.1, -0.05) is 18.2 Å². The first-order chi connectivity index (χ1) is 11.8. The number of nitrogens with zero attached hydrogens (tertiary/aromatic N) is 2. The van der Waals surface area contributed by atoms with Crippen molar-refractivity contribution < 1.29 is 14.5 Å². The van der Waals surface area contributed by atoms with Gasteiger partial charge >= 0.3 is 0 Å². The molecule has 0 aliphatic carbocycles. The van der Waals surface area contributed by atoms with Gasteiger partial charge in [-0.3, -0.25) is 10.0 Å². The van der Waals surface area contributed by atoms with Crippen LogP contribution in [-0.2, 0) is 4.79 Å². The molecule has 5 heteroatoms. The first kappa shape index (κ1) is 21.6. The third kappa shape index (κ3) is 5.53. The Morgan fingerprint density at radius 2 is 1.64 bits per heavy atom. The highest BCUT2D eigenvalue weighted by Crippen LogP contribution is 2.31. The maximum absolute atomic E-state index is 11.1. The average Bonchev–Trinajstić information content (AvgIpc) is 3.07. The molecule has 1 aromatic carbocycles. The van der Waals surface area contributed by atoms with Crippen molar-refractivity contribution in [3.63, 3.8) is 0 Å². The Balaban J connectivity index is 0.000000299. The summed E-state index contributed by atoms with van der Waals surface area (Å²) in [6.45, 7) is 17.4. The molecule has 0 saturated heterocycles. The van der Waals surface area contributed by atoms with E-state index >= 15 is 0 Å². The van der Waals surface area contributed by atoms with E-state index in [1.807, 2.05) is 37.3 Å². The predicted molar refractivity (Wildman–Crippen MR) is 107 cm³/mol. The number of carbonyl (C=O) groups is 1. The SMILES string of the molecule is CC(=O)N(O)C(C)c1cc2ccccc2s1.CC[N+](CC)(CC)CC. The van der Waals surface area contributed by atoms with Crippen LogP contribution in [0, 0.1) is 0 Å². The van der Waals surface area contributed by atoms with E-state index in [2.05, 4.69) is 27.7 Å². The topological polar surface area (TPSA) is 40.5 Å². The van der Waals surface area contributed by atoms with Gasteiger partial charge in [0.25, 0.3) is 0 Å². The van der Waals surface area contributed by atoms with Gasteiger partial charge in [0.15, 0.2) is 0 Å². The van der Waals surface area contributed by atoms with Crippen LogP contribution < -0.4 is 0 Å². The summed E-state index contributed by atoms with van der Waals surface area (Å²) in [7, 11) is 0. The Kier molecular flexibility index (Phi) is 8.56. The van der Waals surface area contributed by atoms with Gasteiger partial charge in [0.1, 0.15) is 0 Å². The molecule has 1 aromatic heterocycles. The molecule has 0 aliphatic rings. The quantitative estimate of drug-likeness (QED) is 0.440. The van der Waals surface area contributed by atoms with Crippen LogP contribution in [0.3, 0.4) is 0 Å². The lowest BCUT2D eigenvalue weighted by atomic mass is 10.2. The van der Waals surface area contributed by atoms with Gasteiger partial charge in [0.05, 0.1) is 32.2 Å². The largest absolute Gasteiger partial charge is 0.325 e. The van der Waals surface area contributed by atoms with E-state index in [9.17, 15) is 10.0 Å². The lowest BCUT2D eigenvalue weighted by molar-refractivity contribution is -0.921. The maximum atomic E-state index is 11.1. The molecule has 0 bridgehead atoms. The summed E-state index contributed by atoms with van der Waals surface area (Å²) in [5.41, 5.74) is 0. The minimum atomic E-state index is -0.343.